The number of aliphatic hydroxyl groups is 3. The van der Waals surface area contributed by atoms with E-state index in [9.17, 15) is 10.2 Å². The van der Waals surface area contributed by atoms with Gasteiger partial charge in [-0.2, -0.15) is 0 Å². The number of aliphatic hydroxyl groups excluding tert-OH is 3. The molecule has 0 aromatic carbocycles. The Bertz CT molecular complexity index is 173. The maximum atomic E-state index is 9.59. The summed E-state index contributed by atoms with van der Waals surface area (Å²) in [6.45, 7) is -0.380. The fraction of sp³-hybridized carbons (Fsp3) is 1.00. The summed E-state index contributed by atoms with van der Waals surface area (Å²) in [7, 11) is 2.78. The molecule has 1 heterocycles. The van der Waals surface area contributed by atoms with Crippen LogP contribution in [0.1, 0.15) is 0 Å². The van der Waals surface area contributed by atoms with Gasteiger partial charge in [-0.3, -0.25) is 0 Å². The molecule has 1 fully saturated rings. The van der Waals surface area contributed by atoms with Crippen LogP contribution in [0.5, 0.6) is 0 Å². The maximum Gasteiger partial charge on any atom is 0.186 e. The van der Waals surface area contributed by atoms with Crippen molar-refractivity contribution in [1.82, 2.24) is 0 Å². The van der Waals surface area contributed by atoms with E-state index in [0.717, 1.165) is 0 Å². The van der Waals surface area contributed by atoms with Crippen molar-refractivity contribution in [2.24, 2.45) is 0 Å². The lowest BCUT2D eigenvalue weighted by atomic mass is 9.99. The van der Waals surface area contributed by atoms with Crippen molar-refractivity contribution in [3.05, 3.63) is 0 Å². The number of hydrogen-bond acceptors (Lipinski definition) is 6. The molecule has 14 heavy (non-hydrogen) atoms. The number of rotatable bonds is 3. The van der Waals surface area contributed by atoms with Gasteiger partial charge in [-0.05, 0) is 0 Å². The van der Waals surface area contributed by atoms with Gasteiger partial charge in [-0.25, -0.2) is 0 Å². The van der Waals surface area contributed by atoms with Crippen molar-refractivity contribution in [2.45, 2.75) is 30.7 Å². The Balaban J connectivity index is 2.71. The Morgan fingerprint density at radius 2 is 1.79 bits per heavy atom. The Hall–Kier alpha value is -0.240. The van der Waals surface area contributed by atoms with Crippen molar-refractivity contribution in [3.8, 4) is 0 Å². The third kappa shape index (κ3) is 2.05. The third-order valence-corrected chi connectivity index (χ3v) is 2.33. The lowest BCUT2D eigenvalue weighted by molar-refractivity contribution is -0.299. The van der Waals surface area contributed by atoms with Gasteiger partial charge in [-0.15, -0.1) is 0 Å². The SMILES string of the molecule is COC1OC(CO)C(O)C(O)C1OC. The number of methoxy groups -OCH3 is 2. The molecule has 0 aliphatic carbocycles. The molecule has 1 saturated heterocycles. The van der Waals surface area contributed by atoms with E-state index in [1.807, 2.05) is 0 Å². The van der Waals surface area contributed by atoms with E-state index in [-0.39, 0.29) is 6.61 Å². The second-order valence-corrected chi connectivity index (χ2v) is 3.14. The predicted molar refractivity (Wildman–Crippen MR) is 45.6 cm³/mol. The molecule has 1 rings (SSSR count). The molecule has 6 nitrogen and oxygen atoms in total. The highest BCUT2D eigenvalue weighted by Gasteiger charge is 2.44. The van der Waals surface area contributed by atoms with Gasteiger partial charge >= 0.3 is 0 Å². The zero-order chi connectivity index (χ0) is 10.7. The van der Waals surface area contributed by atoms with E-state index in [2.05, 4.69) is 0 Å². The van der Waals surface area contributed by atoms with Crippen LogP contribution in [0.4, 0.5) is 0 Å². The summed E-state index contributed by atoms with van der Waals surface area (Å²) in [6, 6.07) is 0. The van der Waals surface area contributed by atoms with Gasteiger partial charge in [0.25, 0.3) is 0 Å². The first kappa shape index (κ1) is 11.8. The molecule has 1 aliphatic heterocycles. The molecule has 0 aromatic rings. The van der Waals surface area contributed by atoms with Gasteiger partial charge < -0.3 is 29.5 Å². The van der Waals surface area contributed by atoms with Gasteiger partial charge in [0.05, 0.1) is 6.61 Å². The Morgan fingerprint density at radius 1 is 1.14 bits per heavy atom. The van der Waals surface area contributed by atoms with Crippen molar-refractivity contribution >= 4 is 0 Å². The predicted octanol–water partition coefficient (Wildman–Crippen LogP) is -1.91. The summed E-state index contributed by atoms with van der Waals surface area (Å²) in [5.41, 5.74) is 0. The molecular formula is C8H16O6. The molecule has 5 unspecified atom stereocenters. The molecule has 0 aromatic heterocycles. The maximum absolute atomic E-state index is 9.59. The molecule has 0 amide bonds. The second kappa shape index (κ2) is 5.01. The first-order chi connectivity index (χ1) is 6.65. The second-order valence-electron chi connectivity index (χ2n) is 3.14. The van der Waals surface area contributed by atoms with Crippen molar-refractivity contribution in [3.63, 3.8) is 0 Å². The number of hydrogen-bond donors (Lipinski definition) is 3. The fourth-order valence-electron chi connectivity index (χ4n) is 1.50. The van der Waals surface area contributed by atoms with Crippen molar-refractivity contribution < 1.29 is 29.5 Å². The van der Waals surface area contributed by atoms with E-state index < -0.39 is 30.7 Å². The van der Waals surface area contributed by atoms with Crippen LogP contribution >= 0.6 is 0 Å². The van der Waals surface area contributed by atoms with Gasteiger partial charge in [0.15, 0.2) is 6.29 Å². The summed E-state index contributed by atoms with van der Waals surface area (Å²) in [6.07, 6.45) is -4.68. The van der Waals surface area contributed by atoms with E-state index in [1.54, 1.807) is 0 Å². The molecule has 6 heteroatoms. The summed E-state index contributed by atoms with van der Waals surface area (Å²) in [4.78, 5) is 0. The monoisotopic (exact) mass is 208 g/mol. The standard InChI is InChI=1S/C8H16O6/c1-12-7-6(11)5(10)4(3-9)14-8(7)13-2/h4-11H,3H2,1-2H3. The summed E-state index contributed by atoms with van der Waals surface area (Å²) >= 11 is 0. The molecule has 0 spiro atoms. The molecule has 0 radical (unpaired) electrons. The smallest absolute Gasteiger partial charge is 0.186 e. The molecule has 1 aliphatic rings. The van der Waals surface area contributed by atoms with Gasteiger partial charge in [0, 0.05) is 14.2 Å². The summed E-state index contributed by atoms with van der Waals surface area (Å²) in [5, 5.41) is 27.9. The van der Waals surface area contributed by atoms with Crippen LogP contribution in [0.3, 0.4) is 0 Å². The zero-order valence-electron chi connectivity index (χ0n) is 8.16. The van der Waals surface area contributed by atoms with Crippen LogP contribution < -0.4 is 0 Å². The van der Waals surface area contributed by atoms with Crippen LogP contribution in [0.25, 0.3) is 0 Å². The van der Waals surface area contributed by atoms with Crippen LogP contribution in [-0.2, 0) is 14.2 Å². The third-order valence-electron chi connectivity index (χ3n) is 2.33. The van der Waals surface area contributed by atoms with E-state index in [1.165, 1.54) is 14.2 Å². The minimum atomic E-state index is -1.17. The zero-order valence-corrected chi connectivity index (χ0v) is 8.16. The van der Waals surface area contributed by atoms with Crippen molar-refractivity contribution in [2.75, 3.05) is 20.8 Å². The van der Waals surface area contributed by atoms with Crippen LogP contribution in [0, 0.1) is 0 Å². The Morgan fingerprint density at radius 3 is 2.21 bits per heavy atom. The first-order valence-corrected chi connectivity index (χ1v) is 4.33. The number of ether oxygens (including phenoxy) is 3. The highest BCUT2D eigenvalue weighted by atomic mass is 16.7. The summed E-state index contributed by atoms with van der Waals surface area (Å²) < 4.78 is 15.0. The average Bonchev–Trinajstić information content (AvgIpc) is 2.21. The van der Waals surface area contributed by atoms with Crippen molar-refractivity contribution in [1.29, 1.82) is 0 Å². The lowest BCUT2D eigenvalue weighted by Crippen LogP contribution is -2.59. The average molecular weight is 208 g/mol. The van der Waals surface area contributed by atoms with Crippen LogP contribution in [0.15, 0.2) is 0 Å². The molecule has 5 atom stereocenters. The molecule has 0 saturated carbocycles. The summed E-state index contributed by atoms with van der Waals surface area (Å²) in [5.74, 6) is 0. The van der Waals surface area contributed by atoms with E-state index in [4.69, 9.17) is 19.3 Å². The highest BCUT2D eigenvalue weighted by molar-refractivity contribution is 4.89. The van der Waals surface area contributed by atoms with Gasteiger partial charge in [0.2, 0.25) is 0 Å². The minimum absolute atomic E-state index is 0.380. The normalized spacial score (nSPS) is 43.9. The van der Waals surface area contributed by atoms with Gasteiger partial charge in [0.1, 0.15) is 24.4 Å². The van der Waals surface area contributed by atoms with E-state index >= 15 is 0 Å². The van der Waals surface area contributed by atoms with Gasteiger partial charge in [-0.1, -0.05) is 0 Å². The largest absolute Gasteiger partial charge is 0.394 e. The van der Waals surface area contributed by atoms with Crippen LogP contribution in [-0.4, -0.2) is 66.9 Å². The Kier molecular flexibility index (Phi) is 4.24. The minimum Gasteiger partial charge on any atom is -0.394 e. The fourth-order valence-corrected chi connectivity index (χ4v) is 1.50. The Labute approximate surface area is 82.0 Å². The lowest BCUT2D eigenvalue weighted by Gasteiger charge is -2.40. The van der Waals surface area contributed by atoms with E-state index in [0.29, 0.717) is 0 Å². The topological polar surface area (TPSA) is 88.4 Å². The molecule has 84 valence electrons. The molecule has 0 bridgehead atoms. The molecule has 3 N–H and O–H groups in total. The van der Waals surface area contributed by atoms with Crippen LogP contribution in [0.2, 0.25) is 0 Å². The molecular weight excluding hydrogens is 192 g/mol. The highest BCUT2D eigenvalue weighted by Crippen LogP contribution is 2.23. The first-order valence-electron chi connectivity index (χ1n) is 4.33. The quantitative estimate of drug-likeness (QED) is 0.501.